The zero-order valence-corrected chi connectivity index (χ0v) is 13.4. The van der Waals surface area contributed by atoms with Gasteiger partial charge in [-0.3, -0.25) is 10.1 Å². The summed E-state index contributed by atoms with van der Waals surface area (Å²) in [5, 5.41) is 11.0. The van der Waals surface area contributed by atoms with Crippen LogP contribution in [0.2, 0.25) is 0 Å². The molecule has 6 heteroatoms. The Morgan fingerprint density at radius 1 is 1.26 bits per heavy atom. The van der Waals surface area contributed by atoms with Gasteiger partial charge in [0.2, 0.25) is 0 Å². The second kappa shape index (κ2) is 5.81. The molecular weight excluding hydrogens is 292 g/mol. The van der Waals surface area contributed by atoms with Gasteiger partial charge in [-0.2, -0.15) is 0 Å². The van der Waals surface area contributed by atoms with Gasteiger partial charge in [0.1, 0.15) is 5.65 Å². The van der Waals surface area contributed by atoms with Gasteiger partial charge in [-0.05, 0) is 38.7 Å². The minimum absolute atomic E-state index is 0.0755. The fourth-order valence-electron chi connectivity index (χ4n) is 2.65. The summed E-state index contributed by atoms with van der Waals surface area (Å²) in [6.07, 6.45) is 2.00. The third kappa shape index (κ3) is 2.93. The van der Waals surface area contributed by atoms with Crippen LogP contribution in [0.3, 0.4) is 0 Å². The van der Waals surface area contributed by atoms with Gasteiger partial charge in [0, 0.05) is 30.4 Å². The van der Waals surface area contributed by atoms with Crippen molar-refractivity contribution >= 4 is 11.3 Å². The van der Waals surface area contributed by atoms with Gasteiger partial charge in [0.15, 0.2) is 0 Å². The Morgan fingerprint density at radius 3 is 2.74 bits per heavy atom. The van der Waals surface area contributed by atoms with E-state index in [9.17, 15) is 10.1 Å². The standard InChI is InChI=1S/C17H18N4O2/c1-12-7-8-20-15(11-19(2)3)17(18-16(20)9-12)13-5-4-6-14(10-13)21(22)23/h4-10H,11H2,1-3H3. The molecule has 2 aromatic heterocycles. The number of nitro groups is 1. The Bertz CT molecular complexity index is 883. The molecule has 3 rings (SSSR count). The zero-order chi connectivity index (χ0) is 16.6. The molecule has 0 aliphatic heterocycles. The molecule has 0 fully saturated rings. The highest BCUT2D eigenvalue weighted by molar-refractivity contribution is 5.69. The minimum atomic E-state index is -0.380. The zero-order valence-electron chi connectivity index (χ0n) is 13.4. The number of nitrogens with zero attached hydrogens (tertiary/aromatic N) is 4. The van der Waals surface area contributed by atoms with Crippen LogP contribution in [0.5, 0.6) is 0 Å². The summed E-state index contributed by atoms with van der Waals surface area (Å²) in [5.41, 5.74) is 4.62. The van der Waals surface area contributed by atoms with Crippen LogP contribution >= 0.6 is 0 Å². The molecule has 0 aliphatic carbocycles. The van der Waals surface area contributed by atoms with Crippen LogP contribution in [-0.4, -0.2) is 33.3 Å². The fourth-order valence-corrected chi connectivity index (χ4v) is 2.65. The molecule has 0 bridgehead atoms. The first-order valence-corrected chi connectivity index (χ1v) is 7.33. The van der Waals surface area contributed by atoms with E-state index in [0.29, 0.717) is 6.54 Å². The third-order valence-corrected chi connectivity index (χ3v) is 3.68. The van der Waals surface area contributed by atoms with Crippen LogP contribution in [0.25, 0.3) is 16.9 Å². The predicted molar refractivity (Wildman–Crippen MR) is 89.4 cm³/mol. The first-order valence-electron chi connectivity index (χ1n) is 7.33. The molecule has 0 spiro atoms. The first-order chi connectivity index (χ1) is 11.0. The van der Waals surface area contributed by atoms with E-state index in [0.717, 1.165) is 28.2 Å². The monoisotopic (exact) mass is 310 g/mol. The van der Waals surface area contributed by atoms with Crippen molar-refractivity contribution in [3.8, 4) is 11.3 Å². The molecule has 118 valence electrons. The summed E-state index contributed by atoms with van der Waals surface area (Å²) in [6, 6.07) is 10.7. The fraction of sp³-hybridized carbons (Fsp3) is 0.235. The molecule has 0 saturated heterocycles. The molecule has 0 unspecified atom stereocenters. The number of rotatable bonds is 4. The Labute approximate surface area is 134 Å². The van der Waals surface area contributed by atoms with Gasteiger partial charge < -0.3 is 9.30 Å². The minimum Gasteiger partial charge on any atom is -0.304 e. The van der Waals surface area contributed by atoms with Crippen molar-refractivity contribution in [2.45, 2.75) is 13.5 Å². The first kappa shape index (κ1) is 15.2. The highest BCUT2D eigenvalue weighted by Gasteiger charge is 2.17. The Kier molecular flexibility index (Phi) is 3.83. The van der Waals surface area contributed by atoms with Crippen LogP contribution in [0, 0.1) is 17.0 Å². The number of non-ortho nitro benzene ring substituents is 1. The number of aromatic nitrogens is 2. The van der Waals surface area contributed by atoms with E-state index in [-0.39, 0.29) is 10.6 Å². The van der Waals surface area contributed by atoms with E-state index in [1.165, 1.54) is 6.07 Å². The normalized spacial score (nSPS) is 11.3. The number of aryl methyl sites for hydroxylation is 1. The largest absolute Gasteiger partial charge is 0.304 e. The van der Waals surface area contributed by atoms with Gasteiger partial charge in [0.25, 0.3) is 5.69 Å². The SMILES string of the molecule is Cc1ccn2c(CN(C)C)c(-c3cccc([N+](=O)[O-])c3)nc2c1. The molecule has 0 amide bonds. The summed E-state index contributed by atoms with van der Waals surface area (Å²) in [7, 11) is 3.98. The smallest absolute Gasteiger partial charge is 0.270 e. The summed E-state index contributed by atoms with van der Waals surface area (Å²) in [5.74, 6) is 0. The lowest BCUT2D eigenvalue weighted by Crippen LogP contribution is -2.13. The summed E-state index contributed by atoms with van der Waals surface area (Å²) in [6.45, 7) is 2.72. The van der Waals surface area contributed by atoms with Gasteiger partial charge in [0.05, 0.1) is 16.3 Å². The summed E-state index contributed by atoms with van der Waals surface area (Å²) >= 11 is 0. The van der Waals surface area contributed by atoms with Gasteiger partial charge in [-0.25, -0.2) is 4.98 Å². The molecule has 0 radical (unpaired) electrons. The topological polar surface area (TPSA) is 63.7 Å². The van der Waals surface area contributed by atoms with Crippen molar-refractivity contribution in [2.75, 3.05) is 14.1 Å². The quantitative estimate of drug-likeness (QED) is 0.548. The Balaban J connectivity index is 2.23. The maximum atomic E-state index is 11.0. The van der Waals surface area contributed by atoms with Crippen LogP contribution in [0.4, 0.5) is 5.69 Å². The average Bonchev–Trinajstić information content (AvgIpc) is 2.84. The average molecular weight is 310 g/mol. The van der Waals surface area contributed by atoms with E-state index in [1.807, 2.05) is 49.8 Å². The van der Waals surface area contributed by atoms with Crippen molar-refractivity contribution in [1.29, 1.82) is 0 Å². The van der Waals surface area contributed by atoms with Crippen molar-refractivity contribution in [3.05, 3.63) is 64.0 Å². The highest BCUT2D eigenvalue weighted by atomic mass is 16.6. The van der Waals surface area contributed by atoms with E-state index in [4.69, 9.17) is 4.98 Å². The molecule has 1 aromatic carbocycles. The molecule has 2 heterocycles. The number of imidazole rings is 1. The molecule has 0 saturated carbocycles. The van der Waals surface area contributed by atoms with Crippen LogP contribution in [0.15, 0.2) is 42.6 Å². The Morgan fingerprint density at radius 2 is 2.04 bits per heavy atom. The number of nitro benzene ring substituents is 1. The number of hydrogen-bond acceptors (Lipinski definition) is 4. The number of benzene rings is 1. The molecule has 0 atom stereocenters. The molecule has 0 N–H and O–H groups in total. The predicted octanol–water partition coefficient (Wildman–Crippen LogP) is 3.28. The summed E-state index contributed by atoms with van der Waals surface area (Å²) in [4.78, 5) is 17.4. The molecule has 6 nitrogen and oxygen atoms in total. The number of pyridine rings is 1. The lowest BCUT2D eigenvalue weighted by Gasteiger charge is -2.11. The van der Waals surface area contributed by atoms with E-state index in [1.54, 1.807) is 12.1 Å². The number of fused-ring (bicyclic) bond motifs is 1. The lowest BCUT2D eigenvalue weighted by molar-refractivity contribution is -0.384. The van der Waals surface area contributed by atoms with Gasteiger partial charge in [-0.15, -0.1) is 0 Å². The lowest BCUT2D eigenvalue weighted by atomic mass is 10.1. The van der Waals surface area contributed by atoms with Crippen molar-refractivity contribution < 1.29 is 4.92 Å². The van der Waals surface area contributed by atoms with E-state index >= 15 is 0 Å². The highest BCUT2D eigenvalue weighted by Crippen LogP contribution is 2.28. The summed E-state index contributed by atoms with van der Waals surface area (Å²) < 4.78 is 2.04. The van der Waals surface area contributed by atoms with E-state index < -0.39 is 0 Å². The van der Waals surface area contributed by atoms with Gasteiger partial charge >= 0.3 is 0 Å². The van der Waals surface area contributed by atoms with Crippen molar-refractivity contribution in [2.24, 2.45) is 0 Å². The van der Waals surface area contributed by atoms with Crippen LogP contribution in [-0.2, 0) is 6.54 Å². The van der Waals surface area contributed by atoms with Crippen molar-refractivity contribution in [1.82, 2.24) is 14.3 Å². The second-order valence-corrected chi connectivity index (χ2v) is 5.88. The molecule has 3 aromatic rings. The molecule has 0 aliphatic rings. The second-order valence-electron chi connectivity index (χ2n) is 5.88. The maximum absolute atomic E-state index is 11.0. The maximum Gasteiger partial charge on any atom is 0.270 e. The van der Waals surface area contributed by atoms with E-state index in [2.05, 4.69) is 4.90 Å². The van der Waals surface area contributed by atoms with Crippen molar-refractivity contribution in [3.63, 3.8) is 0 Å². The third-order valence-electron chi connectivity index (χ3n) is 3.68. The Hall–Kier alpha value is -2.73. The number of hydrogen-bond donors (Lipinski definition) is 0. The molecule has 23 heavy (non-hydrogen) atoms. The van der Waals surface area contributed by atoms with Crippen LogP contribution < -0.4 is 0 Å². The molecular formula is C17H18N4O2. The van der Waals surface area contributed by atoms with Crippen LogP contribution in [0.1, 0.15) is 11.3 Å². The van der Waals surface area contributed by atoms with Gasteiger partial charge in [-0.1, -0.05) is 12.1 Å².